The molecule has 2 rings (SSSR count). The number of nitrogens with zero attached hydrogens (tertiary/aromatic N) is 2. The summed E-state index contributed by atoms with van der Waals surface area (Å²) < 4.78 is 11.1. The summed E-state index contributed by atoms with van der Waals surface area (Å²) in [6.07, 6.45) is 5.16. The van der Waals surface area contributed by atoms with Crippen molar-refractivity contribution in [1.82, 2.24) is 9.97 Å². The number of aryl methyl sites for hydroxylation is 2. The maximum atomic E-state index is 5.95. The highest BCUT2D eigenvalue weighted by atomic mass is 16.5. The van der Waals surface area contributed by atoms with Gasteiger partial charge in [0.05, 0.1) is 12.2 Å². The minimum Gasteiger partial charge on any atom is -0.490 e. The van der Waals surface area contributed by atoms with Crippen LogP contribution in [0.5, 0.6) is 11.6 Å². The Labute approximate surface area is 118 Å². The Bertz CT molecular complexity index is 511. The fourth-order valence-electron chi connectivity index (χ4n) is 1.64. The number of nitrogens with two attached hydrogens (primary N) is 1. The molecule has 5 nitrogen and oxygen atoms in total. The summed E-state index contributed by atoms with van der Waals surface area (Å²) in [5.41, 5.74) is 8.10. The first-order valence-electron chi connectivity index (χ1n) is 6.49. The summed E-state index contributed by atoms with van der Waals surface area (Å²) in [4.78, 5) is 8.17. The van der Waals surface area contributed by atoms with E-state index < -0.39 is 0 Å². The Morgan fingerprint density at radius 1 is 1.10 bits per heavy atom. The molecule has 2 aromatic rings. The van der Waals surface area contributed by atoms with Gasteiger partial charge in [0.25, 0.3) is 0 Å². The molecule has 0 spiro atoms. The van der Waals surface area contributed by atoms with Gasteiger partial charge in [0.1, 0.15) is 19.0 Å². The molecule has 0 saturated carbocycles. The van der Waals surface area contributed by atoms with Crippen molar-refractivity contribution in [3.8, 4) is 11.6 Å². The normalized spacial score (nSPS) is 11.9. The van der Waals surface area contributed by atoms with Gasteiger partial charge in [0.2, 0.25) is 5.88 Å². The molecule has 0 saturated heterocycles. The van der Waals surface area contributed by atoms with Gasteiger partial charge in [-0.3, -0.25) is 4.98 Å². The van der Waals surface area contributed by atoms with E-state index >= 15 is 0 Å². The van der Waals surface area contributed by atoms with Gasteiger partial charge in [-0.2, -0.15) is 0 Å². The lowest BCUT2D eigenvalue weighted by Gasteiger charge is -2.14. The molecule has 0 bridgehead atoms. The Kier molecular flexibility index (Phi) is 4.90. The molecule has 0 radical (unpaired) electrons. The van der Waals surface area contributed by atoms with Crippen LogP contribution in [0.3, 0.4) is 0 Å². The van der Waals surface area contributed by atoms with Crippen LogP contribution in [0, 0.1) is 13.8 Å². The second-order valence-corrected chi connectivity index (χ2v) is 4.75. The van der Waals surface area contributed by atoms with Gasteiger partial charge < -0.3 is 15.2 Å². The Hall–Kier alpha value is -2.14. The molecule has 5 heteroatoms. The first-order chi connectivity index (χ1) is 9.63. The second-order valence-electron chi connectivity index (χ2n) is 4.75. The van der Waals surface area contributed by atoms with E-state index in [0.717, 1.165) is 11.1 Å². The third kappa shape index (κ3) is 4.51. The van der Waals surface area contributed by atoms with Crippen LogP contribution >= 0.6 is 0 Å². The van der Waals surface area contributed by atoms with Crippen molar-refractivity contribution < 1.29 is 9.47 Å². The van der Waals surface area contributed by atoms with Gasteiger partial charge in [-0.1, -0.05) is 0 Å². The van der Waals surface area contributed by atoms with Crippen LogP contribution in [-0.2, 0) is 0 Å². The van der Waals surface area contributed by atoms with Crippen molar-refractivity contribution in [3.05, 3.63) is 47.9 Å². The van der Waals surface area contributed by atoms with E-state index in [-0.39, 0.29) is 6.04 Å². The van der Waals surface area contributed by atoms with Crippen molar-refractivity contribution in [2.24, 2.45) is 5.73 Å². The minimum atomic E-state index is -0.224. The van der Waals surface area contributed by atoms with Gasteiger partial charge in [-0.05, 0) is 37.1 Å². The maximum Gasteiger partial charge on any atom is 0.213 e. The zero-order chi connectivity index (χ0) is 14.4. The molecule has 0 aliphatic heterocycles. The SMILES string of the molecule is Cc1cncc(OCC(N)COc2cc(C)ccn2)c1. The van der Waals surface area contributed by atoms with Crippen LogP contribution in [0.1, 0.15) is 11.1 Å². The molecular formula is C15H19N3O2. The molecule has 1 unspecified atom stereocenters. The molecule has 2 N–H and O–H groups in total. The first-order valence-corrected chi connectivity index (χ1v) is 6.49. The van der Waals surface area contributed by atoms with Crippen LogP contribution in [0.2, 0.25) is 0 Å². The molecule has 0 fully saturated rings. The predicted molar refractivity (Wildman–Crippen MR) is 76.9 cm³/mol. The van der Waals surface area contributed by atoms with Crippen LogP contribution in [0.25, 0.3) is 0 Å². The molecule has 2 heterocycles. The Morgan fingerprint density at radius 2 is 1.90 bits per heavy atom. The number of pyridine rings is 2. The highest BCUT2D eigenvalue weighted by molar-refractivity contribution is 5.22. The Balaban J connectivity index is 1.77. The lowest BCUT2D eigenvalue weighted by atomic mass is 10.3. The molecule has 20 heavy (non-hydrogen) atoms. The zero-order valence-corrected chi connectivity index (χ0v) is 11.7. The number of ether oxygens (including phenoxy) is 2. The molecule has 0 aliphatic rings. The third-order valence-electron chi connectivity index (χ3n) is 2.65. The van der Waals surface area contributed by atoms with Crippen molar-refractivity contribution in [2.75, 3.05) is 13.2 Å². The summed E-state index contributed by atoms with van der Waals surface area (Å²) in [5.74, 6) is 1.30. The van der Waals surface area contributed by atoms with Crippen molar-refractivity contribution >= 4 is 0 Å². The molecule has 2 aromatic heterocycles. The van der Waals surface area contributed by atoms with Gasteiger partial charge >= 0.3 is 0 Å². The quantitative estimate of drug-likeness (QED) is 0.870. The lowest BCUT2D eigenvalue weighted by Crippen LogP contribution is -2.34. The van der Waals surface area contributed by atoms with Crippen molar-refractivity contribution in [2.45, 2.75) is 19.9 Å². The average molecular weight is 273 g/mol. The largest absolute Gasteiger partial charge is 0.490 e. The summed E-state index contributed by atoms with van der Waals surface area (Å²) >= 11 is 0. The molecule has 1 atom stereocenters. The molecule has 0 amide bonds. The smallest absolute Gasteiger partial charge is 0.213 e. The van der Waals surface area contributed by atoms with E-state index in [1.807, 2.05) is 32.0 Å². The van der Waals surface area contributed by atoms with Gasteiger partial charge in [0, 0.05) is 18.5 Å². The highest BCUT2D eigenvalue weighted by Crippen LogP contribution is 2.11. The number of hydrogen-bond donors (Lipinski definition) is 1. The summed E-state index contributed by atoms with van der Waals surface area (Å²) in [5, 5.41) is 0. The van der Waals surface area contributed by atoms with Crippen LogP contribution < -0.4 is 15.2 Å². The fourth-order valence-corrected chi connectivity index (χ4v) is 1.64. The predicted octanol–water partition coefficient (Wildman–Crippen LogP) is 1.88. The summed E-state index contributed by atoms with van der Waals surface area (Å²) in [6, 6.07) is 5.49. The van der Waals surface area contributed by atoms with E-state index in [4.69, 9.17) is 15.2 Å². The Morgan fingerprint density at radius 3 is 2.65 bits per heavy atom. The van der Waals surface area contributed by atoms with Gasteiger partial charge in [-0.15, -0.1) is 0 Å². The topological polar surface area (TPSA) is 70.3 Å². The van der Waals surface area contributed by atoms with Crippen molar-refractivity contribution in [1.29, 1.82) is 0 Å². The lowest BCUT2D eigenvalue weighted by molar-refractivity contribution is 0.215. The first kappa shape index (κ1) is 14.3. The summed E-state index contributed by atoms with van der Waals surface area (Å²) in [6.45, 7) is 4.68. The molecule has 0 aliphatic carbocycles. The molecule has 106 valence electrons. The average Bonchev–Trinajstić information content (AvgIpc) is 2.43. The number of rotatable bonds is 6. The maximum absolute atomic E-state index is 5.95. The van der Waals surface area contributed by atoms with Crippen molar-refractivity contribution in [3.63, 3.8) is 0 Å². The van der Waals surface area contributed by atoms with Crippen LogP contribution in [-0.4, -0.2) is 29.2 Å². The number of aromatic nitrogens is 2. The van der Waals surface area contributed by atoms with E-state index in [2.05, 4.69) is 9.97 Å². The van der Waals surface area contributed by atoms with E-state index in [0.29, 0.717) is 24.8 Å². The zero-order valence-electron chi connectivity index (χ0n) is 11.7. The van der Waals surface area contributed by atoms with E-state index in [9.17, 15) is 0 Å². The highest BCUT2D eigenvalue weighted by Gasteiger charge is 2.06. The second kappa shape index (κ2) is 6.86. The third-order valence-corrected chi connectivity index (χ3v) is 2.65. The fraction of sp³-hybridized carbons (Fsp3) is 0.333. The molecule has 0 aromatic carbocycles. The van der Waals surface area contributed by atoms with Crippen LogP contribution in [0.15, 0.2) is 36.8 Å². The standard InChI is InChI=1S/C15H19N3O2/c1-11-3-4-18-15(6-11)20-10-13(16)9-19-14-5-12(2)7-17-8-14/h3-8,13H,9-10,16H2,1-2H3. The van der Waals surface area contributed by atoms with E-state index in [1.54, 1.807) is 18.6 Å². The minimum absolute atomic E-state index is 0.224. The number of hydrogen-bond acceptors (Lipinski definition) is 5. The van der Waals surface area contributed by atoms with E-state index in [1.165, 1.54) is 0 Å². The summed E-state index contributed by atoms with van der Waals surface area (Å²) in [7, 11) is 0. The monoisotopic (exact) mass is 273 g/mol. The van der Waals surface area contributed by atoms with Crippen LogP contribution in [0.4, 0.5) is 0 Å². The molecular weight excluding hydrogens is 254 g/mol. The van der Waals surface area contributed by atoms with Gasteiger partial charge in [0.15, 0.2) is 0 Å². The van der Waals surface area contributed by atoms with Gasteiger partial charge in [-0.25, -0.2) is 4.98 Å².